The van der Waals surface area contributed by atoms with Crippen molar-refractivity contribution in [3.8, 4) is 0 Å². The third-order valence-electron chi connectivity index (χ3n) is 17.4. The van der Waals surface area contributed by atoms with E-state index in [4.69, 9.17) is 46.4 Å². The van der Waals surface area contributed by atoms with Gasteiger partial charge in [-0.2, -0.15) is 0 Å². The van der Waals surface area contributed by atoms with Gasteiger partial charge in [-0.05, 0) is 167 Å². The van der Waals surface area contributed by atoms with Crippen LogP contribution < -0.4 is 63.8 Å². The van der Waals surface area contributed by atoms with Crippen molar-refractivity contribution in [1.82, 2.24) is 39.9 Å². The van der Waals surface area contributed by atoms with Crippen LogP contribution in [0.15, 0.2) is 244 Å². The highest BCUT2D eigenvalue weighted by atomic mass is 79.9. The van der Waals surface area contributed by atoms with Gasteiger partial charge in [0.1, 0.15) is 72.1 Å². The summed E-state index contributed by atoms with van der Waals surface area (Å²) >= 11 is 25.8. The van der Waals surface area contributed by atoms with E-state index in [0.29, 0.717) is 118 Å². The number of rotatable bonds is 25. The van der Waals surface area contributed by atoms with Gasteiger partial charge < -0.3 is 63.8 Å². The molecule has 0 bridgehead atoms. The van der Waals surface area contributed by atoms with Crippen molar-refractivity contribution < 1.29 is 38.4 Å². The van der Waals surface area contributed by atoms with Gasteiger partial charge in [0.15, 0.2) is 0 Å². The highest BCUT2D eigenvalue weighted by Gasteiger charge is 2.21. The van der Waals surface area contributed by atoms with E-state index in [1.807, 2.05) is 91.0 Å². The van der Waals surface area contributed by atoms with E-state index < -0.39 is 47.3 Å². The zero-order valence-corrected chi connectivity index (χ0v) is 69.8. The lowest BCUT2D eigenvalue weighted by atomic mass is 9.87. The Bertz CT molecular complexity index is 6080. The number of carbonyl (C=O) groups is 8. The van der Waals surface area contributed by atoms with Crippen LogP contribution in [0.25, 0.3) is 54.4 Å². The second kappa shape index (κ2) is 41.8. The maximum absolute atomic E-state index is 11.9. The first-order valence-electron chi connectivity index (χ1n) is 36.5. The number of amides is 8. The number of nitrogens with one attached hydrogen (secondary N) is 12. The summed E-state index contributed by atoms with van der Waals surface area (Å²) in [6.07, 6.45) is 10.3. The van der Waals surface area contributed by atoms with Gasteiger partial charge in [0, 0.05) is 48.8 Å². The monoisotopic (exact) mass is 1750 g/mol. The first-order chi connectivity index (χ1) is 57.7. The summed E-state index contributed by atoms with van der Waals surface area (Å²) in [5.74, 6) is -1.43. The minimum absolute atomic E-state index is 0.0578. The fraction of sp³-hybridized carbons (Fsp3) is 0.126. The van der Waals surface area contributed by atoms with E-state index >= 15 is 0 Å². The van der Waals surface area contributed by atoms with Crippen molar-refractivity contribution >= 4 is 255 Å². The Morgan fingerprint density at radius 3 is 0.917 bits per heavy atom. The number of anilines is 16. The maximum Gasteiger partial charge on any atom is 0.247 e. The van der Waals surface area contributed by atoms with E-state index in [0.717, 1.165) is 62.3 Å². The van der Waals surface area contributed by atoms with E-state index in [2.05, 4.69) is 205 Å². The number of fused-ring (bicyclic) bond motifs is 5. The van der Waals surface area contributed by atoms with Crippen LogP contribution in [-0.2, 0) is 43.8 Å². The molecule has 0 aliphatic carbocycles. The fourth-order valence-corrected chi connectivity index (χ4v) is 12.0. The van der Waals surface area contributed by atoms with Gasteiger partial charge in [-0.3, -0.25) is 38.4 Å². The number of benzene rings is 9. The minimum Gasteiger partial charge on any atom is -0.340 e. The summed E-state index contributed by atoms with van der Waals surface area (Å²) in [6, 6.07) is 51.3. The normalized spacial score (nSPS) is 10.7. The molecule has 0 saturated carbocycles. The van der Waals surface area contributed by atoms with E-state index in [1.165, 1.54) is 36.4 Å². The molecule has 610 valence electrons. The average Bonchev–Trinajstić information content (AvgIpc) is 0.800. The lowest BCUT2D eigenvalue weighted by Gasteiger charge is -2.19. The third-order valence-corrected chi connectivity index (χ3v) is 18.9. The highest BCUT2D eigenvalue weighted by Crippen LogP contribution is 2.38. The molecule has 0 aliphatic rings. The molecular weight excluding hydrogens is 1670 g/mol. The molecule has 33 heteroatoms. The standard InChI is InChI=1S/C23H18ClN5O2.C23H24ClN5O2.C22H22ClN5O2.C19H15BrClN5O2/c1-2-21(30)28-19-10-17-18(11-20(19)29-22(31)12-24)25-13-26-23(17)27-16-8-7-14-5-3-4-6-15(14)9-16;1-5-20(30)28-18-10-16-17(11-19(18)29-21(31)12-24)25-13-26-22(16)27-15-8-6-14(7-9-15)23(2,3)4;1-4-20(29)27-18-9-16-17(10-19(18)28-21(30)11-23)24-12-25-22(16)26-15-7-5-14(6-8-15)13(2)3;1-2-17(27)25-15-7-13-14(8-16(15)26-18(28)9-21)22-10-23-19(13)24-12-5-3-11(20)4-6-12/h2-11,13H,1,12H2,(H,28,30)(H,29,31)(H,25,26,27);5-11,13H,1,12H2,2-4H3,(H,28,30)(H,29,31)(H,25,26,27);4-10,12-13H,1,11H2,2-3H3,(H,27,29)(H,28,30)(H,24,25,26);2-8,10H,1,9H2,(H,25,27)(H,26,28)(H,22,23,24). The van der Waals surface area contributed by atoms with Crippen LogP contribution in [0.5, 0.6) is 0 Å². The van der Waals surface area contributed by atoms with Gasteiger partial charge in [-0.25, -0.2) is 39.9 Å². The largest absolute Gasteiger partial charge is 0.340 e. The van der Waals surface area contributed by atoms with Gasteiger partial charge in [0.25, 0.3) is 0 Å². The Labute approximate surface area is 717 Å². The van der Waals surface area contributed by atoms with Crippen LogP contribution in [0, 0.1) is 0 Å². The molecule has 4 aromatic heterocycles. The minimum atomic E-state index is -0.417. The molecule has 0 atom stereocenters. The van der Waals surface area contributed by atoms with E-state index in [1.54, 1.807) is 48.5 Å². The Kier molecular flexibility index (Phi) is 30.9. The molecule has 0 spiro atoms. The first kappa shape index (κ1) is 88.5. The summed E-state index contributed by atoms with van der Waals surface area (Å²) in [7, 11) is 0. The molecule has 13 aromatic rings. The molecule has 13 rings (SSSR count). The molecule has 0 unspecified atom stereocenters. The number of halogens is 5. The molecule has 8 amide bonds. The van der Waals surface area contributed by atoms with Crippen LogP contribution in [0.4, 0.5) is 91.5 Å². The first-order valence-corrected chi connectivity index (χ1v) is 39.5. The van der Waals surface area contributed by atoms with Crippen LogP contribution in [0.2, 0.25) is 0 Å². The molecule has 0 saturated heterocycles. The van der Waals surface area contributed by atoms with Crippen molar-refractivity contribution in [2.75, 3.05) is 87.3 Å². The topological polar surface area (TPSA) is 384 Å². The van der Waals surface area contributed by atoms with Gasteiger partial charge in [0.05, 0.1) is 67.6 Å². The Morgan fingerprint density at radius 1 is 0.350 bits per heavy atom. The molecule has 9 aromatic carbocycles. The SMILES string of the molecule is C=CC(=O)Nc1cc2c(Nc3ccc(Br)cc3)ncnc2cc1NC(=O)CCl.C=CC(=O)Nc1cc2c(Nc3ccc(C(C)(C)C)cc3)ncnc2cc1NC(=O)CCl.C=CC(=O)Nc1cc2c(Nc3ccc(C(C)C)cc3)ncnc2cc1NC(=O)CCl.C=CC(=O)Nc1cc2c(Nc3ccc4ccccc4c3)ncnc2cc1NC(=O)CCl. The van der Waals surface area contributed by atoms with Gasteiger partial charge in [0.2, 0.25) is 47.3 Å². The number of hydrogen-bond acceptors (Lipinski definition) is 20. The zero-order valence-electron chi connectivity index (χ0n) is 65.2. The summed E-state index contributed by atoms with van der Waals surface area (Å²) in [5.41, 5.74) is 11.3. The Morgan fingerprint density at radius 2 is 0.625 bits per heavy atom. The summed E-state index contributed by atoms with van der Waals surface area (Å²) in [5, 5.41) is 39.5. The number of aromatic nitrogens is 8. The molecule has 0 fully saturated rings. The predicted molar refractivity (Wildman–Crippen MR) is 488 cm³/mol. The second-order valence-electron chi connectivity index (χ2n) is 27.2. The van der Waals surface area contributed by atoms with E-state index in [-0.39, 0.29) is 28.9 Å². The molecular formula is C87H79BrCl4N20O8. The third kappa shape index (κ3) is 24.2. The molecule has 4 heterocycles. The van der Waals surface area contributed by atoms with Gasteiger partial charge >= 0.3 is 0 Å². The second-order valence-corrected chi connectivity index (χ2v) is 29.2. The fourth-order valence-electron chi connectivity index (χ4n) is 11.5. The van der Waals surface area contributed by atoms with Crippen molar-refractivity contribution in [3.05, 3.63) is 255 Å². The van der Waals surface area contributed by atoms with Crippen molar-refractivity contribution in [2.24, 2.45) is 0 Å². The number of nitrogens with zero attached hydrogens (tertiary/aromatic N) is 8. The lowest BCUT2D eigenvalue weighted by molar-refractivity contribution is -0.114. The zero-order chi connectivity index (χ0) is 86.2. The number of alkyl halides is 4. The van der Waals surface area contributed by atoms with Gasteiger partial charge in [-0.15, -0.1) is 46.4 Å². The summed E-state index contributed by atoms with van der Waals surface area (Å²) in [6.45, 7) is 24.6. The molecule has 12 N–H and O–H groups in total. The predicted octanol–water partition coefficient (Wildman–Crippen LogP) is 19.0. The quantitative estimate of drug-likeness (QED) is 0.0187. The molecule has 28 nitrogen and oxygen atoms in total. The van der Waals surface area contributed by atoms with Crippen LogP contribution in [0.3, 0.4) is 0 Å². The van der Waals surface area contributed by atoms with Crippen molar-refractivity contribution in [2.45, 2.75) is 46.0 Å². The number of hydrogen-bond donors (Lipinski definition) is 12. The highest BCUT2D eigenvalue weighted by molar-refractivity contribution is 9.10. The number of carbonyl (C=O) groups excluding carboxylic acids is 8. The van der Waals surface area contributed by atoms with Gasteiger partial charge in [-0.1, -0.05) is 131 Å². The maximum atomic E-state index is 11.9. The Hall–Kier alpha value is -13.8. The molecule has 120 heavy (non-hydrogen) atoms. The smallest absolute Gasteiger partial charge is 0.247 e. The van der Waals surface area contributed by atoms with Crippen LogP contribution in [0.1, 0.15) is 51.7 Å². The van der Waals surface area contributed by atoms with Crippen LogP contribution >= 0.6 is 62.3 Å². The lowest BCUT2D eigenvalue weighted by Crippen LogP contribution is -2.16. The molecule has 0 radical (unpaired) electrons. The Balaban J connectivity index is 0.000000168. The van der Waals surface area contributed by atoms with Crippen molar-refractivity contribution in [1.29, 1.82) is 0 Å². The van der Waals surface area contributed by atoms with Crippen molar-refractivity contribution in [3.63, 3.8) is 0 Å². The van der Waals surface area contributed by atoms with Crippen LogP contribution in [-0.4, -0.2) is 111 Å². The summed E-state index contributed by atoms with van der Waals surface area (Å²) in [4.78, 5) is 129. The summed E-state index contributed by atoms with van der Waals surface area (Å²) < 4.78 is 0.958. The average molecular weight is 1750 g/mol. The van der Waals surface area contributed by atoms with E-state index in [9.17, 15) is 38.4 Å². The molecule has 0 aliphatic heterocycles.